The number of aliphatic hydroxyl groups excluding tert-OH is 1. The van der Waals surface area contributed by atoms with Gasteiger partial charge in [0, 0.05) is 25.6 Å². The van der Waals surface area contributed by atoms with E-state index < -0.39 is 5.82 Å². The molecule has 116 valence electrons. The predicted molar refractivity (Wildman–Crippen MR) is 77.9 cm³/mol. The summed E-state index contributed by atoms with van der Waals surface area (Å²) in [4.78, 5) is 13.6. The molecule has 0 aliphatic heterocycles. The number of nitrogens with one attached hydrogen (secondary N) is 1. The van der Waals surface area contributed by atoms with Gasteiger partial charge < -0.3 is 20.1 Å². The number of aliphatic hydroxyl groups is 1. The van der Waals surface area contributed by atoms with E-state index >= 15 is 0 Å². The van der Waals surface area contributed by atoms with Crippen molar-refractivity contribution in [1.82, 2.24) is 4.90 Å². The van der Waals surface area contributed by atoms with E-state index in [2.05, 4.69) is 5.32 Å². The third kappa shape index (κ3) is 3.85. The van der Waals surface area contributed by atoms with Gasteiger partial charge in [0.05, 0.1) is 18.9 Å². The molecule has 2 amide bonds. The Balaban J connectivity index is 1.98. The molecule has 5 nitrogen and oxygen atoms in total. The number of amides is 2. The molecule has 0 spiro atoms. The first kappa shape index (κ1) is 15.6. The highest BCUT2D eigenvalue weighted by atomic mass is 19.1. The van der Waals surface area contributed by atoms with Gasteiger partial charge >= 0.3 is 6.03 Å². The monoisotopic (exact) mass is 296 g/mol. The number of urea groups is 1. The number of hydrogen-bond acceptors (Lipinski definition) is 3. The van der Waals surface area contributed by atoms with E-state index in [9.17, 15) is 14.3 Å². The summed E-state index contributed by atoms with van der Waals surface area (Å²) < 4.78 is 18.4. The molecular formula is C15H21FN2O3. The number of halogens is 1. The van der Waals surface area contributed by atoms with Crippen molar-refractivity contribution in [3.05, 3.63) is 24.0 Å². The van der Waals surface area contributed by atoms with Crippen LogP contribution in [0, 0.1) is 11.7 Å². The number of rotatable bonds is 4. The molecule has 1 fully saturated rings. The van der Waals surface area contributed by atoms with Gasteiger partial charge in [-0.1, -0.05) is 6.42 Å². The van der Waals surface area contributed by atoms with Crippen molar-refractivity contribution >= 4 is 11.7 Å². The van der Waals surface area contributed by atoms with Crippen LogP contribution >= 0.6 is 0 Å². The van der Waals surface area contributed by atoms with Crippen LogP contribution in [-0.2, 0) is 0 Å². The van der Waals surface area contributed by atoms with Gasteiger partial charge in [0.1, 0.15) is 11.6 Å². The maximum atomic E-state index is 13.3. The van der Waals surface area contributed by atoms with Crippen LogP contribution in [0.1, 0.15) is 19.3 Å². The van der Waals surface area contributed by atoms with Gasteiger partial charge in [-0.15, -0.1) is 0 Å². The molecular weight excluding hydrogens is 275 g/mol. The Kier molecular flexibility index (Phi) is 5.01. The molecule has 0 saturated heterocycles. The van der Waals surface area contributed by atoms with Gasteiger partial charge in [-0.25, -0.2) is 9.18 Å². The van der Waals surface area contributed by atoms with Gasteiger partial charge in [0.15, 0.2) is 0 Å². The second-order valence-electron chi connectivity index (χ2n) is 5.41. The van der Waals surface area contributed by atoms with E-state index in [1.807, 2.05) is 0 Å². The molecule has 1 aliphatic carbocycles. The Hall–Kier alpha value is -1.82. The molecule has 1 aromatic carbocycles. The Morgan fingerprint density at radius 1 is 1.52 bits per heavy atom. The summed E-state index contributed by atoms with van der Waals surface area (Å²) >= 11 is 0. The fourth-order valence-electron chi connectivity index (χ4n) is 2.65. The number of hydrogen-bond donors (Lipinski definition) is 2. The van der Waals surface area contributed by atoms with Crippen LogP contribution in [0.15, 0.2) is 18.2 Å². The number of anilines is 1. The summed E-state index contributed by atoms with van der Waals surface area (Å²) in [7, 11) is 3.12. The van der Waals surface area contributed by atoms with E-state index in [-0.39, 0.29) is 18.1 Å². The Labute approximate surface area is 123 Å². The average molecular weight is 296 g/mol. The number of methoxy groups -OCH3 is 1. The lowest BCUT2D eigenvalue weighted by molar-refractivity contribution is 0.116. The maximum Gasteiger partial charge on any atom is 0.321 e. The Morgan fingerprint density at radius 3 is 2.90 bits per heavy atom. The van der Waals surface area contributed by atoms with Crippen molar-refractivity contribution in [3.63, 3.8) is 0 Å². The minimum Gasteiger partial charge on any atom is -0.495 e. The molecule has 2 atom stereocenters. The minimum atomic E-state index is -0.444. The molecule has 2 unspecified atom stereocenters. The molecule has 0 aromatic heterocycles. The number of ether oxygens (including phenoxy) is 1. The van der Waals surface area contributed by atoms with E-state index in [0.29, 0.717) is 18.0 Å². The van der Waals surface area contributed by atoms with Crippen molar-refractivity contribution in [2.75, 3.05) is 26.0 Å². The molecule has 2 rings (SSSR count). The third-order valence-electron chi connectivity index (χ3n) is 3.88. The lowest BCUT2D eigenvalue weighted by Crippen LogP contribution is -2.37. The zero-order chi connectivity index (χ0) is 15.4. The number of carbonyl (C=O) groups is 1. The normalized spacial score (nSPS) is 21.1. The third-order valence-corrected chi connectivity index (χ3v) is 3.88. The molecule has 1 aliphatic rings. The average Bonchev–Trinajstić information content (AvgIpc) is 2.84. The second kappa shape index (κ2) is 6.76. The van der Waals surface area contributed by atoms with E-state index in [1.165, 1.54) is 30.2 Å². The van der Waals surface area contributed by atoms with Gasteiger partial charge in [-0.3, -0.25) is 0 Å². The molecule has 0 radical (unpaired) electrons. The molecule has 6 heteroatoms. The number of nitrogens with zero attached hydrogens (tertiary/aromatic N) is 1. The highest BCUT2D eigenvalue weighted by Crippen LogP contribution is 2.27. The lowest BCUT2D eigenvalue weighted by atomic mass is 10.1. The van der Waals surface area contributed by atoms with Crippen LogP contribution in [0.2, 0.25) is 0 Å². The first-order valence-corrected chi connectivity index (χ1v) is 7.05. The van der Waals surface area contributed by atoms with Crippen molar-refractivity contribution in [2.24, 2.45) is 5.92 Å². The Morgan fingerprint density at radius 2 is 2.29 bits per heavy atom. The van der Waals surface area contributed by atoms with E-state index in [4.69, 9.17) is 4.74 Å². The number of carbonyl (C=O) groups excluding carboxylic acids is 1. The number of benzene rings is 1. The topological polar surface area (TPSA) is 61.8 Å². The van der Waals surface area contributed by atoms with E-state index in [1.54, 1.807) is 7.05 Å². The smallest absolute Gasteiger partial charge is 0.321 e. The van der Waals surface area contributed by atoms with Crippen molar-refractivity contribution in [3.8, 4) is 5.75 Å². The summed E-state index contributed by atoms with van der Waals surface area (Å²) in [5.74, 6) is 0.0641. The van der Waals surface area contributed by atoms with Gasteiger partial charge in [0.2, 0.25) is 0 Å². The van der Waals surface area contributed by atoms with Crippen LogP contribution in [0.5, 0.6) is 5.75 Å². The first-order chi connectivity index (χ1) is 10.0. The van der Waals surface area contributed by atoms with Crippen LogP contribution in [0.3, 0.4) is 0 Å². The summed E-state index contributed by atoms with van der Waals surface area (Å²) in [6.07, 6.45) is 2.35. The quantitative estimate of drug-likeness (QED) is 0.897. The Bertz CT molecular complexity index is 510. The summed E-state index contributed by atoms with van der Waals surface area (Å²) in [6, 6.07) is 3.60. The summed E-state index contributed by atoms with van der Waals surface area (Å²) in [5.41, 5.74) is 0.293. The SMILES string of the molecule is COc1ccc(F)cc1NC(=O)N(C)CC1CCCC1O. The molecule has 0 heterocycles. The minimum absolute atomic E-state index is 0.107. The highest BCUT2D eigenvalue weighted by molar-refractivity contribution is 5.90. The van der Waals surface area contributed by atoms with Crippen LogP contribution in [0.4, 0.5) is 14.9 Å². The van der Waals surface area contributed by atoms with Crippen LogP contribution in [0.25, 0.3) is 0 Å². The molecule has 1 saturated carbocycles. The van der Waals surface area contributed by atoms with Gasteiger partial charge in [0.25, 0.3) is 0 Å². The zero-order valence-corrected chi connectivity index (χ0v) is 12.3. The second-order valence-corrected chi connectivity index (χ2v) is 5.41. The lowest BCUT2D eigenvalue weighted by Gasteiger charge is -2.24. The molecule has 1 aromatic rings. The first-order valence-electron chi connectivity index (χ1n) is 7.05. The van der Waals surface area contributed by atoms with Crippen molar-refractivity contribution in [1.29, 1.82) is 0 Å². The van der Waals surface area contributed by atoms with Crippen LogP contribution in [-0.4, -0.2) is 42.8 Å². The fourth-order valence-corrected chi connectivity index (χ4v) is 2.65. The molecule has 2 N–H and O–H groups in total. The molecule has 0 bridgehead atoms. The zero-order valence-electron chi connectivity index (χ0n) is 12.3. The standard InChI is InChI=1S/C15H21FN2O3/c1-18(9-10-4-3-5-13(10)19)15(20)17-12-8-11(16)6-7-14(12)21-2/h6-8,10,13,19H,3-5,9H2,1-2H3,(H,17,20). The largest absolute Gasteiger partial charge is 0.495 e. The maximum absolute atomic E-state index is 13.3. The highest BCUT2D eigenvalue weighted by Gasteiger charge is 2.27. The summed E-state index contributed by atoms with van der Waals surface area (Å²) in [5, 5.41) is 12.4. The van der Waals surface area contributed by atoms with Crippen molar-refractivity contribution < 1.29 is 19.0 Å². The van der Waals surface area contributed by atoms with Crippen molar-refractivity contribution in [2.45, 2.75) is 25.4 Å². The van der Waals surface area contributed by atoms with Gasteiger partial charge in [-0.05, 0) is 25.0 Å². The van der Waals surface area contributed by atoms with E-state index in [0.717, 1.165) is 19.3 Å². The van der Waals surface area contributed by atoms with Crippen LogP contribution < -0.4 is 10.1 Å². The fraction of sp³-hybridized carbons (Fsp3) is 0.533. The summed E-state index contributed by atoms with van der Waals surface area (Å²) in [6.45, 7) is 0.477. The molecule has 21 heavy (non-hydrogen) atoms. The predicted octanol–water partition coefficient (Wildman–Crippen LogP) is 2.46. The van der Waals surface area contributed by atoms with Gasteiger partial charge in [-0.2, -0.15) is 0 Å².